The van der Waals surface area contributed by atoms with Gasteiger partial charge in [0, 0.05) is 40.5 Å². The van der Waals surface area contributed by atoms with Crippen LogP contribution in [0.4, 0.5) is 58.0 Å². The highest BCUT2D eigenvalue weighted by molar-refractivity contribution is 6.61. The van der Waals surface area contributed by atoms with Gasteiger partial charge in [-0.3, -0.25) is 0 Å². The van der Waals surface area contributed by atoms with E-state index in [1.54, 1.807) is 0 Å². The predicted molar refractivity (Wildman–Crippen MR) is 180 cm³/mol. The van der Waals surface area contributed by atoms with Gasteiger partial charge in [0.2, 0.25) is 0 Å². The third-order valence-electron chi connectivity index (χ3n) is 7.49. The van der Waals surface area contributed by atoms with Crippen molar-refractivity contribution in [3.05, 3.63) is 113 Å². The zero-order chi connectivity index (χ0) is 36.6. The van der Waals surface area contributed by atoms with Crippen LogP contribution in [0.3, 0.4) is 0 Å². The van der Waals surface area contributed by atoms with Crippen LogP contribution in [0, 0.1) is 18.6 Å². The number of hydrogen-bond donors (Lipinski definition) is 2. The molecule has 6 radical (unpaired) electrons. The van der Waals surface area contributed by atoms with Crippen molar-refractivity contribution in [1.82, 2.24) is 10.3 Å². The molecule has 4 rings (SSSR count). The van der Waals surface area contributed by atoms with Gasteiger partial charge in [-0.05, 0) is 72.7 Å². The van der Waals surface area contributed by atoms with Gasteiger partial charge in [-0.1, -0.05) is 30.0 Å². The lowest BCUT2D eigenvalue weighted by molar-refractivity contribution is -0.136. The minimum Gasteiger partial charge on any atom is -0.380 e. The molecule has 4 aromatic rings. The van der Waals surface area contributed by atoms with E-state index in [4.69, 9.17) is 35.1 Å². The predicted octanol–water partition coefficient (Wildman–Crippen LogP) is 8.12. The van der Waals surface area contributed by atoms with Gasteiger partial charge < -0.3 is 20.4 Å². The van der Waals surface area contributed by atoms with E-state index in [9.17, 15) is 35.1 Å². The molecule has 49 heavy (non-hydrogen) atoms. The summed E-state index contributed by atoms with van der Waals surface area (Å²) in [6.07, 6.45) is -6.30. The number of aromatic nitrogens is 1. The summed E-state index contributed by atoms with van der Waals surface area (Å²) >= 11 is 6.51. The monoisotopic (exact) mass is 699 g/mol. The molecule has 0 saturated carbocycles. The Labute approximate surface area is 286 Å². The fourth-order valence-electron chi connectivity index (χ4n) is 5.57. The van der Waals surface area contributed by atoms with Crippen molar-refractivity contribution >= 4 is 68.8 Å². The number of anilines is 4. The van der Waals surface area contributed by atoms with Crippen LogP contribution >= 0.6 is 11.6 Å². The maximum absolute atomic E-state index is 14.7. The second-order valence-corrected chi connectivity index (χ2v) is 11.4. The first kappa shape index (κ1) is 37.5. The van der Waals surface area contributed by atoms with E-state index in [1.807, 2.05) is 0 Å². The molecule has 3 aromatic carbocycles. The molecule has 17 heteroatoms. The van der Waals surface area contributed by atoms with Crippen LogP contribution in [0.2, 0.25) is 5.02 Å². The van der Waals surface area contributed by atoms with Gasteiger partial charge in [-0.15, -0.1) is 0 Å². The third-order valence-corrected chi connectivity index (χ3v) is 7.83. The number of halogens is 9. The maximum atomic E-state index is 14.7. The number of nitrogens with zero attached hydrogens (tertiary/aromatic N) is 3. The standard InChI is InChI=1S/C32H25B3ClF8N5/c1-5-45-27(21-11-17(37)7-8-23(21)36)26-16(3)28(49(6-2)32(33,34)35)25(48(4)15-30(39,40)41)14-24(26)47-29-20-12-18(38)13-22(31(42,43)44)19(20)9-10-46-29/h5-14,27,45H,1-2,15H2,3-4H3,(H,46,47). The van der Waals surface area contributed by atoms with Crippen molar-refractivity contribution in [2.45, 2.75) is 30.6 Å². The molecule has 1 heterocycles. The van der Waals surface area contributed by atoms with Crippen LogP contribution in [-0.4, -0.2) is 53.5 Å². The molecule has 0 spiro atoms. The summed E-state index contributed by atoms with van der Waals surface area (Å²) in [6.45, 7) is 7.32. The lowest BCUT2D eigenvalue weighted by Crippen LogP contribution is -2.49. The lowest BCUT2D eigenvalue weighted by Gasteiger charge is -2.41. The van der Waals surface area contributed by atoms with E-state index in [2.05, 4.69) is 28.8 Å². The van der Waals surface area contributed by atoms with Gasteiger partial charge in [0.05, 0.1) is 46.5 Å². The number of alkyl halides is 6. The zero-order valence-corrected chi connectivity index (χ0v) is 26.7. The average Bonchev–Trinajstić information content (AvgIpc) is 2.97. The van der Waals surface area contributed by atoms with Crippen LogP contribution in [0.5, 0.6) is 0 Å². The summed E-state index contributed by atoms with van der Waals surface area (Å²) in [5.74, 6) is -2.22. The average molecular weight is 699 g/mol. The molecular formula is C32H25B3ClF8N5. The number of hydrogen-bond acceptors (Lipinski definition) is 5. The third kappa shape index (κ3) is 8.12. The van der Waals surface area contributed by atoms with Crippen LogP contribution in [0.1, 0.15) is 28.3 Å². The number of pyridine rings is 1. The number of rotatable bonds is 11. The Hall–Kier alpha value is -4.33. The van der Waals surface area contributed by atoms with Crippen molar-refractivity contribution in [1.29, 1.82) is 0 Å². The Morgan fingerprint density at radius 1 is 0.959 bits per heavy atom. The molecular weight excluding hydrogens is 674 g/mol. The highest BCUT2D eigenvalue weighted by Gasteiger charge is 2.36. The fraction of sp³-hybridized carbons (Fsp3) is 0.219. The van der Waals surface area contributed by atoms with E-state index in [1.165, 1.54) is 25.3 Å². The summed E-state index contributed by atoms with van der Waals surface area (Å²) in [5.41, 5.74) is -1.23. The summed E-state index contributed by atoms with van der Waals surface area (Å²) in [7, 11) is 19.2. The van der Waals surface area contributed by atoms with Crippen molar-refractivity contribution in [2.24, 2.45) is 0 Å². The molecule has 5 nitrogen and oxygen atoms in total. The highest BCUT2D eigenvalue weighted by Crippen LogP contribution is 2.47. The second kappa shape index (κ2) is 13.9. The van der Waals surface area contributed by atoms with E-state index in [0.717, 1.165) is 53.5 Å². The van der Waals surface area contributed by atoms with Crippen molar-refractivity contribution < 1.29 is 35.1 Å². The van der Waals surface area contributed by atoms with Gasteiger partial charge in [-0.2, -0.15) is 26.3 Å². The molecule has 0 saturated heterocycles. The molecule has 2 N–H and O–H groups in total. The SMILES string of the molecule is [B]C([B])([B])N(C=C)c1c(N(C)CC(F)(F)F)cc(Nc2nccc3c(C(F)(F)F)cc(F)cc23)c(C(NC=C)c2cc(F)ccc2Cl)c1C. The molecule has 0 aliphatic carbocycles. The first-order valence-electron chi connectivity index (χ1n) is 14.2. The van der Waals surface area contributed by atoms with Gasteiger partial charge in [0.15, 0.2) is 0 Å². The number of fused-ring (bicyclic) bond motifs is 1. The Morgan fingerprint density at radius 2 is 1.63 bits per heavy atom. The van der Waals surface area contributed by atoms with Gasteiger partial charge >= 0.3 is 12.4 Å². The lowest BCUT2D eigenvalue weighted by atomic mass is 9.48. The molecule has 0 aliphatic rings. The van der Waals surface area contributed by atoms with E-state index < -0.39 is 52.8 Å². The van der Waals surface area contributed by atoms with Crippen molar-refractivity contribution in [3.63, 3.8) is 0 Å². The number of benzene rings is 3. The fourth-order valence-corrected chi connectivity index (χ4v) is 5.79. The maximum Gasteiger partial charge on any atom is 0.417 e. The topological polar surface area (TPSA) is 43.4 Å². The molecule has 1 aromatic heterocycles. The van der Waals surface area contributed by atoms with E-state index in [0.29, 0.717) is 6.07 Å². The second-order valence-electron chi connectivity index (χ2n) is 11.0. The Balaban J connectivity index is 2.17. The molecule has 1 unspecified atom stereocenters. The summed E-state index contributed by atoms with van der Waals surface area (Å²) < 4.78 is 112. The van der Waals surface area contributed by atoms with Crippen LogP contribution < -0.4 is 20.4 Å². The Kier molecular flexibility index (Phi) is 10.6. The van der Waals surface area contributed by atoms with Crippen LogP contribution in [0.15, 0.2) is 74.2 Å². The van der Waals surface area contributed by atoms with Gasteiger partial charge in [-0.25, -0.2) is 13.8 Å². The molecule has 0 fully saturated rings. The first-order valence-corrected chi connectivity index (χ1v) is 14.5. The van der Waals surface area contributed by atoms with Gasteiger partial charge in [0.25, 0.3) is 0 Å². The summed E-state index contributed by atoms with van der Waals surface area (Å²) in [4.78, 5) is 5.96. The Morgan fingerprint density at radius 3 is 2.20 bits per heavy atom. The van der Waals surface area contributed by atoms with Crippen molar-refractivity contribution in [3.8, 4) is 0 Å². The smallest absolute Gasteiger partial charge is 0.380 e. The summed E-state index contributed by atoms with van der Waals surface area (Å²) in [5, 5.41) is 2.94. The number of nitrogens with one attached hydrogen (secondary N) is 2. The van der Waals surface area contributed by atoms with Crippen LogP contribution in [-0.2, 0) is 6.18 Å². The minimum absolute atomic E-state index is 0.0532. The Bertz CT molecular complexity index is 1900. The van der Waals surface area contributed by atoms with E-state index in [-0.39, 0.29) is 50.0 Å². The minimum atomic E-state index is -4.95. The molecule has 250 valence electrons. The quantitative estimate of drug-likeness (QED) is 0.122. The largest absolute Gasteiger partial charge is 0.417 e. The molecule has 0 aliphatic heterocycles. The zero-order valence-electron chi connectivity index (χ0n) is 25.9. The van der Waals surface area contributed by atoms with Gasteiger partial charge in [0.1, 0.15) is 24.0 Å². The van der Waals surface area contributed by atoms with Crippen molar-refractivity contribution in [2.75, 3.05) is 28.7 Å². The first-order chi connectivity index (χ1) is 22.7. The molecule has 1 atom stereocenters. The molecule has 0 bridgehead atoms. The van der Waals surface area contributed by atoms with Crippen LogP contribution in [0.25, 0.3) is 10.8 Å². The van der Waals surface area contributed by atoms with E-state index >= 15 is 0 Å². The summed E-state index contributed by atoms with van der Waals surface area (Å²) in [6, 6.07) is 5.73. The molecule has 0 amide bonds. The highest BCUT2D eigenvalue weighted by atomic mass is 35.5. The normalized spacial score (nSPS) is 12.8.